The van der Waals surface area contributed by atoms with Gasteiger partial charge in [-0.3, -0.25) is 9.59 Å². The van der Waals surface area contributed by atoms with Gasteiger partial charge in [0.25, 0.3) is 0 Å². The fraction of sp³-hybridized carbons (Fsp3) is 0.250. The molecule has 0 saturated carbocycles. The van der Waals surface area contributed by atoms with E-state index < -0.39 is 30.3 Å². The molecule has 0 aromatic heterocycles. The Labute approximate surface area is 127 Å². The molecule has 1 atom stereocenters. The van der Waals surface area contributed by atoms with Crippen LogP contribution < -0.4 is 5.32 Å². The first kappa shape index (κ1) is 16.5. The third-order valence-electron chi connectivity index (χ3n) is 2.20. The van der Waals surface area contributed by atoms with Crippen LogP contribution in [0.15, 0.2) is 33.6 Å². The molecule has 0 aliphatic carbocycles. The van der Waals surface area contributed by atoms with Gasteiger partial charge in [0.1, 0.15) is 6.04 Å². The highest BCUT2D eigenvalue weighted by atomic mass is 79.9. The lowest BCUT2D eigenvalue weighted by Crippen LogP contribution is -2.43. The van der Waals surface area contributed by atoms with Crippen molar-refractivity contribution in [2.24, 2.45) is 0 Å². The van der Waals surface area contributed by atoms with Crippen molar-refractivity contribution >= 4 is 45.5 Å². The van der Waals surface area contributed by atoms with Crippen LogP contribution in [0.3, 0.4) is 0 Å². The van der Waals surface area contributed by atoms with E-state index in [9.17, 15) is 14.4 Å². The number of thioether (sulfide) groups is 1. The molecule has 0 aliphatic heterocycles. The monoisotopic (exact) mass is 361 g/mol. The lowest BCUT2D eigenvalue weighted by molar-refractivity contribution is -0.147. The van der Waals surface area contributed by atoms with Crippen molar-refractivity contribution in [3.63, 3.8) is 0 Å². The average Bonchev–Trinajstić information content (AvgIpc) is 2.36. The summed E-state index contributed by atoms with van der Waals surface area (Å²) in [6.07, 6.45) is -0.649. The van der Waals surface area contributed by atoms with Crippen LogP contribution in [0.4, 0.5) is 0 Å². The maximum absolute atomic E-state index is 11.6. The molecule has 0 heterocycles. The Morgan fingerprint density at radius 2 is 1.80 bits per heavy atom. The summed E-state index contributed by atoms with van der Waals surface area (Å²) in [5.74, 6) is -3.15. The van der Waals surface area contributed by atoms with Crippen LogP contribution in [0.1, 0.15) is 6.42 Å². The molecule has 1 aromatic carbocycles. The van der Waals surface area contributed by atoms with Gasteiger partial charge in [-0.15, -0.1) is 11.8 Å². The Balaban J connectivity index is 2.47. The van der Waals surface area contributed by atoms with Gasteiger partial charge in [0, 0.05) is 9.37 Å². The molecule has 0 aliphatic rings. The Hall–Kier alpha value is -1.54. The number of hydrogen-bond donors (Lipinski definition) is 3. The van der Waals surface area contributed by atoms with Gasteiger partial charge in [-0.2, -0.15) is 0 Å². The van der Waals surface area contributed by atoms with Crippen LogP contribution in [0.25, 0.3) is 0 Å². The van der Waals surface area contributed by atoms with E-state index in [4.69, 9.17) is 10.2 Å². The van der Waals surface area contributed by atoms with Crippen LogP contribution >= 0.6 is 27.7 Å². The summed E-state index contributed by atoms with van der Waals surface area (Å²) in [6.45, 7) is 0. The van der Waals surface area contributed by atoms with E-state index in [0.29, 0.717) is 0 Å². The van der Waals surface area contributed by atoms with Gasteiger partial charge < -0.3 is 15.5 Å². The Kier molecular flexibility index (Phi) is 6.53. The molecule has 0 saturated heterocycles. The minimum absolute atomic E-state index is 0.0189. The third kappa shape index (κ3) is 6.07. The Morgan fingerprint density at radius 3 is 2.30 bits per heavy atom. The number of aliphatic carboxylic acids is 2. The van der Waals surface area contributed by atoms with E-state index in [0.717, 1.165) is 9.37 Å². The van der Waals surface area contributed by atoms with E-state index in [1.807, 2.05) is 24.3 Å². The zero-order valence-electron chi connectivity index (χ0n) is 10.2. The van der Waals surface area contributed by atoms with Crippen LogP contribution in [0, 0.1) is 0 Å². The molecule has 1 amide bonds. The van der Waals surface area contributed by atoms with Crippen LogP contribution in [0.5, 0.6) is 0 Å². The predicted octanol–water partition coefficient (Wildman–Crippen LogP) is 1.59. The second-order valence-electron chi connectivity index (χ2n) is 3.80. The summed E-state index contributed by atoms with van der Waals surface area (Å²) in [5.41, 5.74) is 0. The number of carboxylic acids is 2. The second-order valence-corrected chi connectivity index (χ2v) is 5.76. The zero-order chi connectivity index (χ0) is 15.1. The number of carbonyl (C=O) groups excluding carboxylic acids is 1. The lowest BCUT2D eigenvalue weighted by Gasteiger charge is -2.12. The van der Waals surface area contributed by atoms with E-state index in [2.05, 4.69) is 21.2 Å². The van der Waals surface area contributed by atoms with Crippen molar-refractivity contribution in [2.45, 2.75) is 17.4 Å². The third-order valence-corrected chi connectivity index (χ3v) is 3.74. The minimum Gasteiger partial charge on any atom is -0.481 e. The van der Waals surface area contributed by atoms with Crippen LogP contribution in [-0.2, 0) is 14.4 Å². The number of carboxylic acid groups (broad SMARTS) is 2. The minimum atomic E-state index is -1.41. The van der Waals surface area contributed by atoms with Crippen molar-refractivity contribution in [1.29, 1.82) is 0 Å². The summed E-state index contributed by atoms with van der Waals surface area (Å²) >= 11 is 4.52. The maximum atomic E-state index is 11.6. The molecular weight excluding hydrogens is 350 g/mol. The highest BCUT2D eigenvalue weighted by molar-refractivity contribution is 9.10. The van der Waals surface area contributed by atoms with Crippen molar-refractivity contribution < 1.29 is 24.6 Å². The Bertz CT molecular complexity index is 505. The van der Waals surface area contributed by atoms with E-state index >= 15 is 0 Å². The van der Waals surface area contributed by atoms with E-state index in [1.54, 1.807) is 0 Å². The SMILES string of the molecule is O=C(O)C[C@H](NC(=O)CSc1ccc(Br)cc1)C(=O)O. The Morgan fingerprint density at radius 1 is 1.20 bits per heavy atom. The topological polar surface area (TPSA) is 104 Å². The van der Waals surface area contributed by atoms with Gasteiger partial charge in [0.15, 0.2) is 0 Å². The molecule has 1 aromatic rings. The number of hydrogen-bond acceptors (Lipinski definition) is 4. The first-order valence-corrected chi connectivity index (χ1v) is 7.28. The van der Waals surface area contributed by atoms with Crippen molar-refractivity contribution in [3.05, 3.63) is 28.7 Å². The largest absolute Gasteiger partial charge is 0.481 e. The summed E-state index contributed by atoms with van der Waals surface area (Å²) in [7, 11) is 0. The van der Waals surface area contributed by atoms with Gasteiger partial charge in [-0.25, -0.2) is 4.79 Å². The summed E-state index contributed by atoms with van der Waals surface area (Å²) in [4.78, 5) is 33.7. The molecule has 0 bridgehead atoms. The molecule has 0 unspecified atom stereocenters. The van der Waals surface area contributed by atoms with Crippen LogP contribution in [-0.4, -0.2) is 39.9 Å². The molecule has 108 valence electrons. The standard InChI is InChI=1S/C12H12BrNO5S/c13-7-1-3-8(4-2-7)20-6-10(15)14-9(12(18)19)5-11(16)17/h1-4,9H,5-6H2,(H,14,15)(H,16,17)(H,18,19)/t9-/m0/s1. The molecule has 8 heteroatoms. The number of carbonyl (C=O) groups is 3. The molecule has 0 radical (unpaired) electrons. The van der Waals surface area contributed by atoms with Gasteiger partial charge in [0.2, 0.25) is 5.91 Å². The predicted molar refractivity (Wildman–Crippen MR) is 76.7 cm³/mol. The maximum Gasteiger partial charge on any atom is 0.326 e. The molecular formula is C12H12BrNO5S. The molecule has 20 heavy (non-hydrogen) atoms. The summed E-state index contributed by atoms with van der Waals surface area (Å²) in [6, 6.07) is 5.86. The van der Waals surface area contributed by atoms with Gasteiger partial charge in [-0.1, -0.05) is 15.9 Å². The molecule has 1 rings (SSSR count). The summed E-state index contributed by atoms with van der Waals surface area (Å²) < 4.78 is 0.915. The first-order chi connectivity index (χ1) is 9.38. The highest BCUT2D eigenvalue weighted by Gasteiger charge is 2.22. The van der Waals surface area contributed by atoms with Crippen LogP contribution in [0.2, 0.25) is 0 Å². The number of benzene rings is 1. The molecule has 6 nitrogen and oxygen atoms in total. The van der Waals surface area contributed by atoms with E-state index in [1.165, 1.54) is 11.8 Å². The average molecular weight is 362 g/mol. The number of nitrogens with one attached hydrogen (secondary N) is 1. The molecule has 3 N–H and O–H groups in total. The highest BCUT2D eigenvalue weighted by Crippen LogP contribution is 2.20. The normalized spacial score (nSPS) is 11.7. The quantitative estimate of drug-likeness (QED) is 0.637. The molecule has 0 fully saturated rings. The number of rotatable bonds is 7. The van der Waals surface area contributed by atoms with Crippen molar-refractivity contribution in [1.82, 2.24) is 5.32 Å². The fourth-order valence-electron chi connectivity index (χ4n) is 1.29. The smallest absolute Gasteiger partial charge is 0.326 e. The zero-order valence-corrected chi connectivity index (χ0v) is 12.6. The van der Waals surface area contributed by atoms with Gasteiger partial charge in [0.05, 0.1) is 12.2 Å². The first-order valence-electron chi connectivity index (χ1n) is 5.51. The molecule has 0 spiro atoms. The number of amides is 1. The van der Waals surface area contributed by atoms with Gasteiger partial charge in [-0.05, 0) is 24.3 Å². The summed E-state index contributed by atoms with van der Waals surface area (Å²) in [5, 5.41) is 19.5. The van der Waals surface area contributed by atoms with E-state index in [-0.39, 0.29) is 5.75 Å². The lowest BCUT2D eigenvalue weighted by atomic mass is 10.2. The van der Waals surface area contributed by atoms with Gasteiger partial charge >= 0.3 is 11.9 Å². The van der Waals surface area contributed by atoms with Crippen molar-refractivity contribution in [3.8, 4) is 0 Å². The fourth-order valence-corrected chi connectivity index (χ4v) is 2.26. The number of halogens is 1. The second kappa shape index (κ2) is 7.91. The van der Waals surface area contributed by atoms with Crippen molar-refractivity contribution in [2.75, 3.05) is 5.75 Å².